The highest BCUT2D eigenvalue weighted by Gasteiger charge is 2.38. The third-order valence-corrected chi connectivity index (χ3v) is 4.10. The fourth-order valence-corrected chi connectivity index (χ4v) is 2.78. The highest BCUT2D eigenvalue weighted by Crippen LogP contribution is 2.33. The van der Waals surface area contributed by atoms with Gasteiger partial charge in [-0.25, -0.2) is 0 Å². The highest BCUT2D eigenvalue weighted by molar-refractivity contribution is 5.87. The van der Waals surface area contributed by atoms with Gasteiger partial charge in [0.1, 0.15) is 5.60 Å². The summed E-state index contributed by atoms with van der Waals surface area (Å²) < 4.78 is 5.43. The van der Waals surface area contributed by atoms with Gasteiger partial charge in [-0.1, -0.05) is 6.58 Å². The van der Waals surface area contributed by atoms with Crippen molar-refractivity contribution in [2.45, 2.75) is 64.1 Å². The van der Waals surface area contributed by atoms with Crippen LogP contribution in [0.1, 0.15) is 46.5 Å². The van der Waals surface area contributed by atoms with E-state index >= 15 is 0 Å². The molecule has 0 bridgehead atoms. The molecule has 22 heavy (non-hydrogen) atoms. The molecule has 0 aromatic rings. The van der Waals surface area contributed by atoms with Crippen LogP contribution in [-0.4, -0.2) is 47.6 Å². The zero-order valence-electron chi connectivity index (χ0n) is 13.9. The van der Waals surface area contributed by atoms with Crippen molar-refractivity contribution in [2.24, 2.45) is 5.92 Å². The molecule has 0 spiro atoms. The predicted octanol–water partition coefficient (Wildman–Crippen LogP) is 1.87. The Morgan fingerprint density at radius 1 is 1.32 bits per heavy atom. The van der Waals surface area contributed by atoms with Crippen molar-refractivity contribution in [1.29, 1.82) is 0 Å². The third-order valence-electron chi connectivity index (χ3n) is 4.10. The molecule has 0 unspecified atom stereocenters. The van der Waals surface area contributed by atoms with Crippen molar-refractivity contribution in [2.75, 3.05) is 13.1 Å². The molecule has 0 atom stereocenters. The van der Waals surface area contributed by atoms with E-state index in [1.165, 1.54) is 18.9 Å². The first-order valence-corrected chi connectivity index (χ1v) is 8.15. The van der Waals surface area contributed by atoms with Crippen molar-refractivity contribution < 1.29 is 14.3 Å². The molecular weight excluding hydrogens is 280 g/mol. The maximum Gasteiger partial charge on any atom is 0.320 e. The molecule has 1 N–H and O–H groups in total. The lowest BCUT2D eigenvalue weighted by atomic mass is 9.85. The number of amides is 1. The van der Waals surface area contributed by atoms with E-state index in [1.807, 2.05) is 20.8 Å². The Hall–Kier alpha value is -1.36. The summed E-state index contributed by atoms with van der Waals surface area (Å²) in [5.74, 6) is 0.445. The summed E-state index contributed by atoms with van der Waals surface area (Å²) >= 11 is 0. The lowest BCUT2D eigenvalue weighted by Crippen LogP contribution is -2.55. The van der Waals surface area contributed by atoms with Crippen LogP contribution in [0.15, 0.2) is 12.7 Å². The van der Waals surface area contributed by atoms with Gasteiger partial charge in [0.2, 0.25) is 5.91 Å². The number of hydrogen-bond acceptors (Lipinski definition) is 4. The predicted molar refractivity (Wildman–Crippen MR) is 85.3 cm³/mol. The van der Waals surface area contributed by atoms with Crippen LogP contribution in [0, 0.1) is 5.92 Å². The molecule has 0 aliphatic heterocycles. The van der Waals surface area contributed by atoms with Gasteiger partial charge in [0.05, 0.1) is 6.54 Å². The zero-order chi connectivity index (χ0) is 16.3. The number of rotatable bonds is 7. The molecule has 2 rings (SSSR count). The minimum absolute atomic E-state index is 0.121. The fraction of sp³-hybridized carbons (Fsp3) is 0.765. The Labute approximate surface area is 133 Å². The standard InChI is InChI=1S/C17H28N2O3/c1-5-15(20)18-13-8-14(9-13)19(10-12-6-7-12)11-16(21)22-17(2,3)4/h5,12-14H,1,6-11H2,2-4H3,(H,18,20). The highest BCUT2D eigenvalue weighted by atomic mass is 16.6. The van der Waals surface area contributed by atoms with E-state index in [0.29, 0.717) is 12.6 Å². The summed E-state index contributed by atoms with van der Waals surface area (Å²) in [4.78, 5) is 25.6. The number of ether oxygens (including phenoxy) is 1. The average molecular weight is 308 g/mol. The third kappa shape index (κ3) is 5.44. The van der Waals surface area contributed by atoms with Crippen LogP contribution >= 0.6 is 0 Å². The van der Waals surface area contributed by atoms with Gasteiger partial charge in [-0.2, -0.15) is 0 Å². The largest absolute Gasteiger partial charge is 0.459 e. The second kappa shape index (κ2) is 6.82. The number of esters is 1. The lowest BCUT2D eigenvalue weighted by molar-refractivity contribution is -0.157. The molecule has 0 aromatic carbocycles. The Morgan fingerprint density at radius 2 is 1.95 bits per heavy atom. The van der Waals surface area contributed by atoms with E-state index in [1.54, 1.807) is 0 Å². The van der Waals surface area contributed by atoms with Crippen LogP contribution in [0.25, 0.3) is 0 Å². The number of carbonyl (C=O) groups is 2. The summed E-state index contributed by atoms with van der Waals surface area (Å²) in [5, 5.41) is 2.91. The van der Waals surface area contributed by atoms with Crippen molar-refractivity contribution in [3.8, 4) is 0 Å². The summed E-state index contributed by atoms with van der Waals surface area (Å²) in [6, 6.07) is 0.569. The second-order valence-electron chi connectivity index (χ2n) is 7.49. The molecule has 0 radical (unpaired) electrons. The summed E-state index contributed by atoms with van der Waals surface area (Å²) in [5.41, 5.74) is -0.442. The van der Waals surface area contributed by atoms with E-state index in [4.69, 9.17) is 4.74 Å². The topological polar surface area (TPSA) is 58.6 Å². The molecule has 0 heterocycles. The SMILES string of the molecule is C=CC(=O)NC1CC(N(CC(=O)OC(C)(C)C)CC2CC2)C1. The van der Waals surface area contributed by atoms with Crippen molar-refractivity contribution in [3.05, 3.63) is 12.7 Å². The molecular formula is C17H28N2O3. The molecule has 2 aliphatic rings. The molecule has 2 aliphatic carbocycles. The minimum Gasteiger partial charge on any atom is -0.459 e. The minimum atomic E-state index is -0.442. The van der Waals surface area contributed by atoms with E-state index in [-0.39, 0.29) is 17.9 Å². The van der Waals surface area contributed by atoms with Crippen molar-refractivity contribution in [3.63, 3.8) is 0 Å². The molecule has 2 fully saturated rings. The molecule has 1 amide bonds. The first-order valence-electron chi connectivity index (χ1n) is 8.15. The number of hydrogen-bond donors (Lipinski definition) is 1. The van der Waals surface area contributed by atoms with Gasteiger partial charge in [0, 0.05) is 18.6 Å². The number of carbonyl (C=O) groups excluding carboxylic acids is 2. The maximum absolute atomic E-state index is 12.1. The molecule has 0 saturated heterocycles. The molecule has 5 nitrogen and oxygen atoms in total. The van der Waals surface area contributed by atoms with Gasteiger partial charge in [-0.15, -0.1) is 0 Å². The first-order chi connectivity index (χ1) is 10.3. The van der Waals surface area contributed by atoms with Crippen LogP contribution in [-0.2, 0) is 14.3 Å². The molecule has 124 valence electrons. The summed E-state index contributed by atoms with van der Waals surface area (Å²) in [6.45, 7) is 10.4. The average Bonchev–Trinajstić information content (AvgIpc) is 3.13. The quantitative estimate of drug-likeness (QED) is 0.576. The van der Waals surface area contributed by atoms with Gasteiger partial charge in [-0.3, -0.25) is 14.5 Å². The Morgan fingerprint density at radius 3 is 2.45 bits per heavy atom. The summed E-state index contributed by atoms with van der Waals surface area (Å²) in [6.07, 6.45) is 5.61. The monoisotopic (exact) mass is 308 g/mol. The van der Waals surface area contributed by atoms with Crippen LogP contribution in [0.4, 0.5) is 0 Å². The maximum atomic E-state index is 12.1. The lowest BCUT2D eigenvalue weighted by Gasteiger charge is -2.43. The first kappa shape index (κ1) is 17.0. The van der Waals surface area contributed by atoms with E-state index < -0.39 is 5.60 Å². The van der Waals surface area contributed by atoms with Gasteiger partial charge < -0.3 is 10.1 Å². The van der Waals surface area contributed by atoms with E-state index in [9.17, 15) is 9.59 Å². The fourth-order valence-electron chi connectivity index (χ4n) is 2.78. The Bertz CT molecular complexity index is 432. The number of nitrogens with zero attached hydrogens (tertiary/aromatic N) is 1. The van der Waals surface area contributed by atoms with Gasteiger partial charge in [0.25, 0.3) is 0 Å². The molecule has 2 saturated carbocycles. The Kier molecular flexibility index (Phi) is 5.27. The van der Waals surface area contributed by atoms with Gasteiger partial charge >= 0.3 is 5.97 Å². The summed E-state index contributed by atoms with van der Waals surface area (Å²) in [7, 11) is 0. The van der Waals surface area contributed by atoms with Gasteiger partial charge in [-0.05, 0) is 58.4 Å². The number of nitrogens with one attached hydrogen (secondary N) is 1. The molecule has 0 aromatic heterocycles. The zero-order valence-corrected chi connectivity index (χ0v) is 13.9. The van der Waals surface area contributed by atoms with Crippen molar-refractivity contribution >= 4 is 11.9 Å². The second-order valence-corrected chi connectivity index (χ2v) is 7.49. The van der Waals surface area contributed by atoms with Gasteiger partial charge in [0.15, 0.2) is 0 Å². The smallest absolute Gasteiger partial charge is 0.320 e. The normalized spacial score (nSPS) is 24.5. The Balaban J connectivity index is 1.81. The van der Waals surface area contributed by atoms with Crippen molar-refractivity contribution in [1.82, 2.24) is 10.2 Å². The van der Waals surface area contributed by atoms with Crippen LogP contribution in [0.3, 0.4) is 0 Å². The van der Waals surface area contributed by atoms with Crippen LogP contribution in [0.2, 0.25) is 0 Å². The van der Waals surface area contributed by atoms with E-state index in [2.05, 4.69) is 16.8 Å². The molecule has 5 heteroatoms. The van der Waals surface area contributed by atoms with E-state index in [0.717, 1.165) is 25.3 Å². The van der Waals surface area contributed by atoms with Crippen LogP contribution in [0.5, 0.6) is 0 Å². The van der Waals surface area contributed by atoms with Crippen LogP contribution < -0.4 is 5.32 Å².